The van der Waals surface area contributed by atoms with E-state index >= 15 is 0 Å². The Morgan fingerprint density at radius 2 is 2.00 bits per heavy atom. The van der Waals surface area contributed by atoms with Crippen LogP contribution in [0, 0.1) is 5.92 Å². The number of hydrogen-bond donors (Lipinski definition) is 2. The lowest BCUT2D eigenvalue weighted by Gasteiger charge is -2.31. The number of aliphatic imine (C=N–C) groups is 1. The van der Waals surface area contributed by atoms with E-state index in [4.69, 9.17) is 4.74 Å². The molecule has 1 fully saturated rings. The van der Waals surface area contributed by atoms with Gasteiger partial charge in [0.2, 0.25) is 0 Å². The quantitative estimate of drug-likeness (QED) is 0.569. The third-order valence-electron chi connectivity index (χ3n) is 6.06. The first-order valence-corrected chi connectivity index (χ1v) is 11.1. The zero-order valence-electron chi connectivity index (χ0n) is 18.2. The van der Waals surface area contributed by atoms with E-state index in [1.807, 2.05) is 6.20 Å². The molecule has 2 aliphatic rings. The van der Waals surface area contributed by atoms with E-state index < -0.39 is 0 Å². The summed E-state index contributed by atoms with van der Waals surface area (Å²) in [5.74, 6) is 3.78. The van der Waals surface area contributed by atoms with Gasteiger partial charge < -0.3 is 20.3 Å². The second-order valence-corrected chi connectivity index (χ2v) is 8.34. The number of nitrogens with zero attached hydrogens (tertiary/aromatic N) is 3. The molecule has 0 aliphatic carbocycles. The van der Waals surface area contributed by atoms with Gasteiger partial charge in [-0.05, 0) is 54.0 Å². The first kappa shape index (κ1) is 20.5. The standard InChI is InChI=1S/C24H33N5O/c1-18-8-12-29(13-9-18)23-6-4-20(16-27-23)17-28-24(25-2)26-11-7-19-3-5-22-21(15-19)10-14-30-22/h3-6,15-16,18H,7-14,17H2,1-2H3,(H2,25,26,28). The van der Waals surface area contributed by atoms with Gasteiger partial charge in [-0.2, -0.15) is 0 Å². The molecule has 2 N–H and O–H groups in total. The Hall–Kier alpha value is -2.76. The number of guanidine groups is 1. The molecule has 0 radical (unpaired) electrons. The van der Waals surface area contributed by atoms with Gasteiger partial charge in [0.1, 0.15) is 11.6 Å². The molecule has 6 nitrogen and oxygen atoms in total. The van der Waals surface area contributed by atoms with Crippen molar-refractivity contribution in [3.05, 3.63) is 53.2 Å². The van der Waals surface area contributed by atoms with Gasteiger partial charge in [0, 0.05) is 45.8 Å². The zero-order valence-corrected chi connectivity index (χ0v) is 18.2. The predicted molar refractivity (Wildman–Crippen MR) is 122 cm³/mol. The summed E-state index contributed by atoms with van der Waals surface area (Å²) >= 11 is 0. The van der Waals surface area contributed by atoms with Crippen molar-refractivity contribution in [2.45, 2.75) is 39.2 Å². The summed E-state index contributed by atoms with van der Waals surface area (Å²) in [5.41, 5.74) is 3.81. The average molecular weight is 408 g/mol. The third kappa shape index (κ3) is 5.23. The predicted octanol–water partition coefficient (Wildman–Crippen LogP) is 3.16. The van der Waals surface area contributed by atoms with Gasteiger partial charge in [0.25, 0.3) is 0 Å². The lowest BCUT2D eigenvalue weighted by Crippen LogP contribution is -2.38. The van der Waals surface area contributed by atoms with Gasteiger partial charge in [-0.15, -0.1) is 0 Å². The van der Waals surface area contributed by atoms with Crippen LogP contribution in [-0.2, 0) is 19.4 Å². The Bertz CT molecular complexity index is 856. The highest BCUT2D eigenvalue weighted by Gasteiger charge is 2.16. The lowest BCUT2D eigenvalue weighted by atomic mass is 9.99. The topological polar surface area (TPSA) is 61.8 Å². The Balaban J connectivity index is 1.21. The van der Waals surface area contributed by atoms with Crippen LogP contribution in [0.5, 0.6) is 5.75 Å². The van der Waals surface area contributed by atoms with Gasteiger partial charge in [-0.3, -0.25) is 4.99 Å². The molecule has 0 atom stereocenters. The van der Waals surface area contributed by atoms with Crippen LogP contribution in [0.2, 0.25) is 0 Å². The number of nitrogens with one attached hydrogen (secondary N) is 2. The van der Waals surface area contributed by atoms with Crippen molar-refractivity contribution in [2.75, 3.05) is 38.2 Å². The molecule has 1 aromatic carbocycles. The minimum absolute atomic E-state index is 0.709. The van der Waals surface area contributed by atoms with Crippen molar-refractivity contribution in [1.82, 2.24) is 15.6 Å². The Labute approximate surface area is 179 Å². The monoisotopic (exact) mass is 407 g/mol. The number of aromatic nitrogens is 1. The molecular weight excluding hydrogens is 374 g/mol. The summed E-state index contributed by atoms with van der Waals surface area (Å²) in [6.07, 6.45) is 6.46. The first-order valence-electron chi connectivity index (χ1n) is 11.1. The van der Waals surface area contributed by atoms with Crippen LogP contribution in [0.15, 0.2) is 41.5 Å². The SMILES string of the molecule is CN=C(NCCc1ccc2c(c1)CCO2)NCc1ccc(N2CCC(C)CC2)nc1. The molecule has 1 saturated heterocycles. The molecule has 2 aliphatic heterocycles. The zero-order chi connectivity index (χ0) is 20.8. The molecule has 0 saturated carbocycles. The van der Waals surface area contributed by atoms with Crippen LogP contribution < -0.4 is 20.3 Å². The van der Waals surface area contributed by atoms with Crippen molar-refractivity contribution in [1.29, 1.82) is 0 Å². The Morgan fingerprint density at radius 1 is 1.17 bits per heavy atom. The normalized spacial score (nSPS) is 16.9. The molecule has 0 amide bonds. The van der Waals surface area contributed by atoms with Crippen LogP contribution in [0.4, 0.5) is 5.82 Å². The summed E-state index contributed by atoms with van der Waals surface area (Å²) in [7, 11) is 1.81. The molecule has 3 heterocycles. The van der Waals surface area contributed by atoms with Gasteiger partial charge in [-0.25, -0.2) is 4.98 Å². The summed E-state index contributed by atoms with van der Waals surface area (Å²) < 4.78 is 5.58. The summed E-state index contributed by atoms with van der Waals surface area (Å²) in [5, 5.41) is 6.79. The van der Waals surface area contributed by atoms with Crippen LogP contribution in [0.3, 0.4) is 0 Å². The largest absolute Gasteiger partial charge is 0.493 e. The van der Waals surface area contributed by atoms with Crippen LogP contribution in [0.1, 0.15) is 36.5 Å². The van der Waals surface area contributed by atoms with Crippen LogP contribution in [-0.4, -0.2) is 44.2 Å². The molecule has 0 bridgehead atoms. The molecular formula is C24H33N5O. The van der Waals surface area contributed by atoms with Crippen LogP contribution >= 0.6 is 0 Å². The smallest absolute Gasteiger partial charge is 0.191 e. The van der Waals surface area contributed by atoms with E-state index in [2.05, 4.69) is 62.8 Å². The molecule has 2 aromatic rings. The van der Waals surface area contributed by atoms with E-state index in [0.29, 0.717) is 6.54 Å². The number of rotatable bonds is 6. The van der Waals surface area contributed by atoms with Crippen molar-refractivity contribution in [2.24, 2.45) is 10.9 Å². The maximum atomic E-state index is 5.58. The Morgan fingerprint density at radius 3 is 2.77 bits per heavy atom. The van der Waals surface area contributed by atoms with E-state index in [1.54, 1.807) is 7.05 Å². The van der Waals surface area contributed by atoms with E-state index in [9.17, 15) is 0 Å². The Kier molecular flexibility index (Phi) is 6.72. The molecule has 6 heteroatoms. The fraction of sp³-hybridized carbons (Fsp3) is 0.500. The summed E-state index contributed by atoms with van der Waals surface area (Å²) in [6, 6.07) is 10.8. The van der Waals surface area contributed by atoms with Crippen molar-refractivity contribution in [3.8, 4) is 5.75 Å². The van der Waals surface area contributed by atoms with Gasteiger partial charge >= 0.3 is 0 Å². The lowest BCUT2D eigenvalue weighted by molar-refractivity contribution is 0.357. The van der Waals surface area contributed by atoms with Crippen molar-refractivity contribution >= 4 is 11.8 Å². The van der Waals surface area contributed by atoms with E-state index in [0.717, 1.165) is 68.1 Å². The number of piperidine rings is 1. The fourth-order valence-electron chi connectivity index (χ4n) is 4.07. The minimum atomic E-state index is 0.709. The number of pyridine rings is 1. The third-order valence-corrected chi connectivity index (χ3v) is 6.06. The fourth-order valence-corrected chi connectivity index (χ4v) is 4.07. The number of benzene rings is 1. The molecule has 4 rings (SSSR count). The second kappa shape index (κ2) is 9.83. The summed E-state index contributed by atoms with van der Waals surface area (Å²) in [4.78, 5) is 11.4. The first-order chi connectivity index (χ1) is 14.7. The molecule has 1 aromatic heterocycles. The maximum Gasteiger partial charge on any atom is 0.191 e. The second-order valence-electron chi connectivity index (χ2n) is 8.34. The highest BCUT2D eigenvalue weighted by atomic mass is 16.5. The minimum Gasteiger partial charge on any atom is -0.493 e. The van der Waals surface area contributed by atoms with Crippen molar-refractivity contribution in [3.63, 3.8) is 0 Å². The highest BCUT2D eigenvalue weighted by Crippen LogP contribution is 2.26. The number of ether oxygens (including phenoxy) is 1. The van der Waals surface area contributed by atoms with Gasteiger partial charge in [-0.1, -0.05) is 25.1 Å². The maximum absolute atomic E-state index is 5.58. The van der Waals surface area contributed by atoms with Crippen LogP contribution in [0.25, 0.3) is 0 Å². The number of hydrogen-bond acceptors (Lipinski definition) is 4. The molecule has 30 heavy (non-hydrogen) atoms. The average Bonchev–Trinajstić information content (AvgIpc) is 3.25. The van der Waals surface area contributed by atoms with Gasteiger partial charge in [0.05, 0.1) is 6.61 Å². The number of anilines is 1. The highest BCUT2D eigenvalue weighted by molar-refractivity contribution is 5.79. The molecule has 0 unspecified atom stereocenters. The van der Waals surface area contributed by atoms with E-state index in [-0.39, 0.29) is 0 Å². The molecule has 0 spiro atoms. The van der Waals surface area contributed by atoms with E-state index in [1.165, 1.54) is 24.0 Å². The number of fused-ring (bicyclic) bond motifs is 1. The van der Waals surface area contributed by atoms with Gasteiger partial charge in [0.15, 0.2) is 5.96 Å². The summed E-state index contributed by atoms with van der Waals surface area (Å²) in [6.45, 7) is 6.91. The molecule has 160 valence electrons. The van der Waals surface area contributed by atoms with Crippen molar-refractivity contribution < 1.29 is 4.74 Å².